The van der Waals surface area contributed by atoms with Gasteiger partial charge in [0.1, 0.15) is 29.9 Å². The molecule has 4 aliphatic carbocycles. The number of carbonyl (C=O) groups is 8. The Morgan fingerprint density at radius 2 is 1.64 bits per heavy atom. The molecule has 4 saturated carbocycles. The number of benzene rings is 1. The van der Waals surface area contributed by atoms with Crippen LogP contribution in [0.15, 0.2) is 30.6 Å². The maximum atomic E-state index is 15.0. The zero-order valence-corrected chi connectivity index (χ0v) is 43.8. The third kappa shape index (κ3) is 11.4. The number of amides is 8. The van der Waals surface area contributed by atoms with Crippen LogP contribution in [0.25, 0.3) is 0 Å². The molecule has 3 aliphatic heterocycles. The summed E-state index contributed by atoms with van der Waals surface area (Å²) in [5.74, 6) is -2.75. The summed E-state index contributed by atoms with van der Waals surface area (Å²) in [6.07, 6.45) is 14.4. The van der Waals surface area contributed by atoms with Crippen molar-refractivity contribution in [2.75, 3.05) is 6.54 Å². The first kappa shape index (κ1) is 53.1. The van der Waals surface area contributed by atoms with Gasteiger partial charge in [0.15, 0.2) is 6.10 Å². The number of rotatable bonds is 16. The highest BCUT2D eigenvalue weighted by Crippen LogP contribution is 2.46. The van der Waals surface area contributed by atoms with Crippen molar-refractivity contribution in [2.45, 2.75) is 205 Å². The van der Waals surface area contributed by atoms with Gasteiger partial charge < -0.3 is 36.2 Å². The average Bonchev–Trinajstić information content (AvgIpc) is 3.80. The second kappa shape index (κ2) is 22.2. The number of hydrogen-bond acceptors (Lipinski definition) is 11. The number of aliphatic hydroxyl groups excluding tert-OH is 1. The lowest BCUT2D eigenvalue weighted by atomic mass is 9.71. The highest BCUT2D eigenvalue weighted by Gasteiger charge is 2.53. The van der Waals surface area contributed by atoms with E-state index >= 15 is 0 Å². The Bertz CT molecular complexity index is 2480. The summed E-state index contributed by atoms with van der Waals surface area (Å²) in [5.41, 5.74) is 2.72. The molecule has 74 heavy (non-hydrogen) atoms. The van der Waals surface area contributed by atoms with E-state index in [-0.39, 0.29) is 71.4 Å². The fourth-order valence-electron chi connectivity index (χ4n) is 13.2. The fourth-order valence-corrected chi connectivity index (χ4v) is 13.2. The first-order chi connectivity index (χ1) is 35.4. The number of piperidine rings is 1. The van der Waals surface area contributed by atoms with Crippen LogP contribution in [-0.2, 0) is 35.3 Å². The Morgan fingerprint density at radius 3 is 2.31 bits per heavy atom. The van der Waals surface area contributed by atoms with Gasteiger partial charge in [-0.25, -0.2) is 4.98 Å². The molecule has 6 N–H and O–H groups in total. The Kier molecular flexibility index (Phi) is 15.9. The number of fused-ring (bicyclic) bond motifs is 2. The molecule has 4 unspecified atom stereocenters. The van der Waals surface area contributed by atoms with Crippen LogP contribution >= 0.6 is 0 Å². The van der Waals surface area contributed by atoms with Crippen molar-refractivity contribution in [3.63, 3.8) is 0 Å². The molecule has 400 valence electrons. The van der Waals surface area contributed by atoms with Crippen molar-refractivity contribution in [2.24, 2.45) is 29.1 Å². The van der Waals surface area contributed by atoms with Crippen LogP contribution in [0.5, 0.6) is 0 Å². The second-order valence-corrected chi connectivity index (χ2v) is 23.8. The fraction of sp³-hybridized carbons (Fsp3) is 0.679. The lowest BCUT2D eigenvalue weighted by molar-refractivity contribution is -0.146. The van der Waals surface area contributed by atoms with Gasteiger partial charge in [-0.15, -0.1) is 0 Å². The van der Waals surface area contributed by atoms with Crippen LogP contribution in [0, 0.1) is 29.1 Å². The normalized spacial score (nSPS) is 27.8. The van der Waals surface area contributed by atoms with E-state index in [0.29, 0.717) is 37.9 Å². The van der Waals surface area contributed by atoms with Crippen LogP contribution in [-0.4, -0.2) is 121 Å². The summed E-state index contributed by atoms with van der Waals surface area (Å²) >= 11 is 0. The van der Waals surface area contributed by atoms with Crippen LogP contribution in [0.2, 0.25) is 0 Å². The first-order valence-corrected chi connectivity index (χ1v) is 27.7. The molecular weight excluding hydrogens is 943 g/mol. The molecule has 2 saturated heterocycles. The molecule has 11 atom stereocenters. The molecule has 0 spiro atoms. The van der Waals surface area contributed by atoms with Crippen molar-refractivity contribution in [3.05, 3.63) is 58.7 Å². The average molecular weight is 1020 g/mol. The number of aromatic nitrogens is 2. The van der Waals surface area contributed by atoms with E-state index in [0.717, 1.165) is 100 Å². The summed E-state index contributed by atoms with van der Waals surface area (Å²) in [4.78, 5) is 121. The van der Waals surface area contributed by atoms with Crippen LogP contribution in [0.3, 0.4) is 0 Å². The van der Waals surface area contributed by atoms with Crippen molar-refractivity contribution < 1.29 is 43.5 Å². The molecule has 0 radical (unpaired) electrons. The van der Waals surface area contributed by atoms with Gasteiger partial charge in [-0.2, -0.15) is 0 Å². The van der Waals surface area contributed by atoms with Gasteiger partial charge in [0.25, 0.3) is 17.7 Å². The predicted molar refractivity (Wildman–Crippen MR) is 273 cm³/mol. The first-order valence-electron chi connectivity index (χ1n) is 27.7. The third-order valence-corrected chi connectivity index (χ3v) is 17.5. The minimum absolute atomic E-state index is 0.0481. The SMILES string of the molecule is CCC[C@H](NC(=O)[C@@H]1[C@H]2CCC[C@H]2CN1C(=O)[C@@H](NC(=O)[C@@H](NC(=O)c1cnc([C@H]2CCC(c3ccc4c(c3)CN(C3CCC(=O)NC3=O)C4=O)C(C)C2)cn1)C1CCCCC1)C(C)(C)C)C(O)C(=O)NC1CC1. The molecule has 0 bridgehead atoms. The van der Waals surface area contributed by atoms with Gasteiger partial charge >= 0.3 is 0 Å². The van der Waals surface area contributed by atoms with E-state index in [9.17, 15) is 43.5 Å². The summed E-state index contributed by atoms with van der Waals surface area (Å²) < 4.78 is 0. The Balaban J connectivity index is 0.845. The van der Waals surface area contributed by atoms with E-state index in [1.54, 1.807) is 16.0 Å². The van der Waals surface area contributed by atoms with E-state index in [1.807, 2.05) is 39.8 Å². The summed E-state index contributed by atoms with van der Waals surface area (Å²) in [5, 5.41) is 25.4. The van der Waals surface area contributed by atoms with Gasteiger partial charge in [0.05, 0.1) is 17.9 Å². The van der Waals surface area contributed by atoms with Crippen molar-refractivity contribution >= 4 is 47.3 Å². The molecule has 2 aromatic rings. The van der Waals surface area contributed by atoms with E-state index in [2.05, 4.69) is 44.6 Å². The molecule has 4 heterocycles. The quantitative estimate of drug-likeness (QED) is 0.126. The van der Waals surface area contributed by atoms with Crippen LogP contribution in [0.4, 0.5) is 0 Å². The molecule has 18 nitrogen and oxygen atoms in total. The van der Waals surface area contributed by atoms with E-state index in [1.165, 1.54) is 6.20 Å². The lowest BCUT2D eigenvalue weighted by Crippen LogP contribution is -2.62. The summed E-state index contributed by atoms with van der Waals surface area (Å²) in [6, 6.07) is 1.73. The lowest BCUT2D eigenvalue weighted by Gasteiger charge is -2.38. The largest absolute Gasteiger partial charge is 0.381 e. The maximum absolute atomic E-state index is 15.0. The van der Waals surface area contributed by atoms with Crippen molar-refractivity contribution in [1.29, 1.82) is 0 Å². The minimum atomic E-state index is -1.43. The minimum Gasteiger partial charge on any atom is -0.381 e. The maximum Gasteiger partial charge on any atom is 0.272 e. The zero-order chi connectivity index (χ0) is 52.6. The zero-order valence-electron chi connectivity index (χ0n) is 43.8. The molecule has 9 rings (SSSR count). The number of aliphatic hydroxyl groups is 1. The van der Waals surface area contributed by atoms with E-state index in [4.69, 9.17) is 4.98 Å². The number of carbonyl (C=O) groups excluding carboxylic acids is 8. The van der Waals surface area contributed by atoms with Crippen molar-refractivity contribution in [3.8, 4) is 0 Å². The summed E-state index contributed by atoms with van der Waals surface area (Å²) in [6.45, 7) is 10.5. The van der Waals surface area contributed by atoms with Gasteiger partial charge in [-0.1, -0.05) is 78.9 Å². The van der Waals surface area contributed by atoms with Gasteiger partial charge in [-0.05, 0) is 123 Å². The molecular formula is C56H77N9O9. The molecule has 1 aromatic carbocycles. The summed E-state index contributed by atoms with van der Waals surface area (Å²) in [7, 11) is 0. The Hall–Kier alpha value is -5.78. The van der Waals surface area contributed by atoms with Crippen LogP contribution < -0.4 is 26.6 Å². The number of nitrogens with one attached hydrogen (secondary N) is 5. The Labute approximate surface area is 434 Å². The smallest absolute Gasteiger partial charge is 0.272 e. The molecule has 18 heteroatoms. The Morgan fingerprint density at radius 1 is 0.865 bits per heavy atom. The predicted octanol–water partition coefficient (Wildman–Crippen LogP) is 4.69. The highest BCUT2D eigenvalue weighted by molar-refractivity contribution is 6.05. The third-order valence-electron chi connectivity index (χ3n) is 17.5. The van der Waals surface area contributed by atoms with Gasteiger partial charge in [0.2, 0.25) is 29.5 Å². The van der Waals surface area contributed by atoms with Gasteiger partial charge in [0, 0.05) is 43.2 Å². The molecule has 6 fully saturated rings. The van der Waals surface area contributed by atoms with Crippen molar-refractivity contribution in [1.82, 2.24) is 46.4 Å². The number of nitrogens with zero attached hydrogens (tertiary/aromatic N) is 4. The monoisotopic (exact) mass is 1020 g/mol. The molecule has 1 aromatic heterocycles. The van der Waals surface area contributed by atoms with Gasteiger partial charge in [-0.3, -0.25) is 48.7 Å². The number of imide groups is 1. The second-order valence-electron chi connectivity index (χ2n) is 23.8. The molecule has 7 aliphatic rings. The standard InChI is InChI=1S/C56H77N9O9/c1-6-11-40(47(67)53(72)59-36-18-19-36)60-52(71)46-38-15-10-14-34(38)28-65(46)55(74)48(56(3,4)5)63-51(70)45(31-12-8-7-9-13-31)62-49(68)42-27-57-41(26-58-42)33-17-20-37(30(2)24-33)32-16-21-39-35(25-32)29-64(54(39)73)43-22-23-44(66)61-50(43)69/h16,21,25-27,30-31,33-34,36-38,40,43,45-48,67H,6-15,17-20,22-24,28-29H2,1-5H3,(H,59,72)(H,60,71)(H,62,68)(H,63,70)(H,61,66,69)/t30?,33-,34-,37?,38-,40-,43?,45-,46-,47?,48+/m0/s1. The van der Waals surface area contributed by atoms with Crippen LogP contribution in [0.1, 0.15) is 193 Å². The van der Waals surface area contributed by atoms with E-state index < -0.39 is 71.3 Å². The number of likely N-dealkylation sites (tertiary alicyclic amines) is 1. The highest BCUT2D eigenvalue weighted by atomic mass is 16.3. The number of hydrogen-bond donors (Lipinski definition) is 6. The molecule has 8 amide bonds. The topological polar surface area (TPSA) is 249 Å².